The second kappa shape index (κ2) is 12.1. The molecule has 3 aromatic rings. The predicted octanol–water partition coefficient (Wildman–Crippen LogP) is 0.313. The van der Waals surface area contributed by atoms with Crippen LogP contribution in [0.5, 0.6) is 0 Å². The number of amides is 3. The third-order valence-electron chi connectivity index (χ3n) is 4.47. The van der Waals surface area contributed by atoms with Gasteiger partial charge in [0, 0.05) is 46.3 Å². The number of carboxylic acids is 1. The Morgan fingerprint density at radius 3 is 2.42 bits per heavy atom. The number of nitrogens with one attached hydrogen (secondary N) is 4. The van der Waals surface area contributed by atoms with Gasteiger partial charge in [-0.1, -0.05) is 35.3 Å². The molecule has 3 amide bonds. The van der Waals surface area contributed by atoms with E-state index in [-0.39, 0.29) is 51.9 Å². The van der Waals surface area contributed by atoms with Gasteiger partial charge in [0.15, 0.2) is 0 Å². The van der Waals surface area contributed by atoms with E-state index in [9.17, 15) is 19.5 Å². The van der Waals surface area contributed by atoms with Crippen LogP contribution in [0.3, 0.4) is 0 Å². The number of fused-ring (bicyclic) bond motifs is 1. The van der Waals surface area contributed by atoms with Gasteiger partial charge >= 0.3 is 35.6 Å². The fourth-order valence-corrected chi connectivity index (χ4v) is 3.65. The number of hydrogen-bond donors (Lipinski definition) is 4. The molecule has 1 aromatic heterocycles. The van der Waals surface area contributed by atoms with Crippen LogP contribution >= 0.6 is 23.2 Å². The molecule has 0 aliphatic heterocycles. The molecule has 166 valence electrons. The summed E-state index contributed by atoms with van der Waals surface area (Å²) in [5.41, 5.74) is 1.81. The summed E-state index contributed by atoms with van der Waals surface area (Å²) in [4.78, 5) is 38.0. The molecular formula is C22H19Cl2N4NaO4. The van der Waals surface area contributed by atoms with Crippen molar-refractivity contribution in [2.45, 2.75) is 13.5 Å². The molecule has 0 spiro atoms. The van der Waals surface area contributed by atoms with Crippen molar-refractivity contribution < 1.29 is 49.0 Å². The van der Waals surface area contributed by atoms with Crippen LogP contribution in [0.15, 0.2) is 42.5 Å². The third kappa shape index (κ3) is 6.99. The predicted molar refractivity (Wildman–Crippen MR) is 123 cm³/mol. The van der Waals surface area contributed by atoms with Gasteiger partial charge in [0.2, 0.25) is 5.91 Å². The van der Waals surface area contributed by atoms with Crippen LogP contribution < -0.4 is 50.6 Å². The molecule has 0 saturated carbocycles. The number of aromatic nitrogens is 1. The summed E-state index contributed by atoms with van der Waals surface area (Å²) < 4.78 is 0. The first-order valence-corrected chi connectivity index (χ1v) is 10.4. The van der Waals surface area contributed by atoms with E-state index in [4.69, 9.17) is 23.2 Å². The second-order valence-corrected chi connectivity index (χ2v) is 7.59. The van der Waals surface area contributed by atoms with Crippen LogP contribution in [0.25, 0.3) is 17.0 Å². The van der Waals surface area contributed by atoms with Crippen LogP contribution in [0.2, 0.25) is 10.0 Å². The summed E-state index contributed by atoms with van der Waals surface area (Å²) in [6.45, 7) is 2.71. The summed E-state index contributed by atoms with van der Waals surface area (Å²) >= 11 is 12.2. The maximum Gasteiger partial charge on any atom is 1.00 e. The van der Waals surface area contributed by atoms with Crippen molar-refractivity contribution >= 4 is 63.8 Å². The fourth-order valence-electron chi connectivity index (χ4n) is 3.05. The van der Waals surface area contributed by atoms with Gasteiger partial charge in [0.25, 0.3) is 0 Å². The zero-order valence-electron chi connectivity index (χ0n) is 17.9. The number of urea groups is 1. The van der Waals surface area contributed by atoms with E-state index in [0.717, 1.165) is 5.56 Å². The number of rotatable bonds is 7. The summed E-state index contributed by atoms with van der Waals surface area (Å²) in [5.74, 6) is -1.91. The Balaban J connectivity index is 0.00000385. The maximum atomic E-state index is 12.3. The first-order valence-electron chi connectivity index (χ1n) is 9.60. The van der Waals surface area contributed by atoms with Gasteiger partial charge in [0.05, 0.1) is 16.7 Å². The first kappa shape index (κ1) is 26.8. The number of H-pyrrole nitrogens is 1. The molecule has 2 aromatic carbocycles. The van der Waals surface area contributed by atoms with Gasteiger partial charge in [-0.05, 0) is 42.8 Å². The summed E-state index contributed by atoms with van der Waals surface area (Å²) in [6, 6.07) is 9.68. The molecule has 11 heteroatoms. The van der Waals surface area contributed by atoms with Crippen LogP contribution in [-0.4, -0.2) is 29.4 Å². The fraction of sp³-hybridized carbons (Fsp3) is 0.136. The molecule has 0 unspecified atom stereocenters. The standard InChI is InChI=1S/C22H20Cl2N4O4.Na/c1-2-25-22(32)26-11-12-3-5-14(6-4-12)27-18(29)8-7-15-19-16(24)9-13(23)10-17(19)28-20(15)21(30)31;/h3-10,28H,2,11H2,1H3,(H,27,29)(H,30,31)(H2,25,26,32);/q;+1/p-1/b8-7+;. The Labute approximate surface area is 222 Å². The zero-order chi connectivity index (χ0) is 23.3. The van der Waals surface area contributed by atoms with Crippen LogP contribution in [0.1, 0.15) is 28.5 Å². The van der Waals surface area contributed by atoms with Gasteiger partial charge in [0.1, 0.15) is 0 Å². The van der Waals surface area contributed by atoms with Crippen LogP contribution in [0, 0.1) is 0 Å². The second-order valence-electron chi connectivity index (χ2n) is 6.74. The summed E-state index contributed by atoms with van der Waals surface area (Å²) in [5, 5.41) is 20.5. The smallest absolute Gasteiger partial charge is 0.543 e. The van der Waals surface area contributed by atoms with E-state index in [2.05, 4.69) is 20.9 Å². The number of anilines is 1. The number of halogens is 2. The Morgan fingerprint density at radius 2 is 1.79 bits per heavy atom. The molecule has 0 aliphatic rings. The molecule has 0 saturated heterocycles. The minimum absolute atomic E-state index is 0. The average molecular weight is 497 g/mol. The number of benzene rings is 2. The van der Waals surface area contributed by atoms with Gasteiger partial charge in [-0.15, -0.1) is 0 Å². The van der Waals surface area contributed by atoms with Crippen molar-refractivity contribution in [3.63, 3.8) is 0 Å². The number of aromatic carboxylic acids is 1. The minimum atomic E-state index is -1.44. The minimum Gasteiger partial charge on any atom is -0.543 e. The van der Waals surface area contributed by atoms with E-state index in [1.807, 2.05) is 6.92 Å². The summed E-state index contributed by atoms with van der Waals surface area (Å²) in [6.07, 6.45) is 2.55. The number of aromatic amines is 1. The van der Waals surface area contributed by atoms with Crippen molar-refractivity contribution in [1.82, 2.24) is 15.6 Å². The summed E-state index contributed by atoms with van der Waals surface area (Å²) in [7, 11) is 0. The molecule has 8 nitrogen and oxygen atoms in total. The molecule has 0 fully saturated rings. The van der Waals surface area contributed by atoms with Crippen LogP contribution in [0.4, 0.5) is 10.5 Å². The molecule has 0 bridgehead atoms. The quantitative estimate of drug-likeness (QED) is 0.277. The Morgan fingerprint density at radius 1 is 1.09 bits per heavy atom. The monoisotopic (exact) mass is 496 g/mol. The van der Waals surface area contributed by atoms with Crippen molar-refractivity contribution in [1.29, 1.82) is 0 Å². The molecule has 0 atom stereocenters. The number of hydrogen-bond acceptors (Lipinski definition) is 4. The van der Waals surface area contributed by atoms with Gasteiger partial charge in [-0.2, -0.15) is 0 Å². The topological polar surface area (TPSA) is 126 Å². The number of carbonyl (C=O) groups is 3. The molecule has 33 heavy (non-hydrogen) atoms. The van der Waals surface area contributed by atoms with E-state index < -0.39 is 11.9 Å². The first-order chi connectivity index (χ1) is 15.3. The van der Waals surface area contributed by atoms with E-state index >= 15 is 0 Å². The van der Waals surface area contributed by atoms with E-state index in [0.29, 0.717) is 34.7 Å². The van der Waals surface area contributed by atoms with Crippen molar-refractivity contribution in [2.75, 3.05) is 11.9 Å². The Bertz CT molecular complexity index is 1210. The molecule has 0 radical (unpaired) electrons. The number of carboxylic acid groups (broad SMARTS) is 1. The average Bonchev–Trinajstić information content (AvgIpc) is 3.11. The molecule has 4 N–H and O–H groups in total. The SMILES string of the molecule is CCNC(=O)NCc1ccc(NC(=O)/C=C/c2c(C(=O)[O-])[nH]c3cc(Cl)cc(Cl)c23)cc1.[Na+]. The maximum absolute atomic E-state index is 12.3. The largest absolute Gasteiger partial charge is 1.00 e. The molecule has 1 heterocycles. The third-order valence-corrected chi connectivity index (χ3v) is 4.99. The van der Waals surface area contributed by atoms with E-state index in [1.54, 1.807) is 24.3 Å². The van der Waals surface area contributed by atoms with Crippen molar-refractivity contribution in [3.8, 4) is 0 Å². The molecule has 0 aliphatic carbocycles. The molecular weight excluding hydrogens is 478 g/mol. The Hall–Kier alpha value is -2.49. The van der Waals surface area contributed by atoms with Crippen molar-refractivity contribution in [3.05, 3.63) is 69.3 Å². The normalized spacial score (nSPS) is 10.6. The van der Waals surface area contributed by atoms with Gasteiger partial charge in [-0.25, -0.2) is 4.79 Å². The van der Waals surface area contributed by atoms with Gasteiger partial charge in [-0.3, -0.25) is 4.79 Å². The molecule has 3 rings (SSSR count). The van der Waals surface area contributed by atoms with Crippen LogP contribution in [-0.2, 0) is 11.3 Å². The Kier molecular flexibility index (Phi) is 9.82. The number of carbonyl (C=O) groups excluding carboxylic acids is 3. The zero-order valence-corrected chi connectivity index (χ0v) is 21.4. The van der Waals surface area contributed by atoms with E-state index in [1.165, 1.54) is 24.3 Å². The van der Waals surface area contributed by atoms with Crippen molar-refractivity contribution in [2.24, 2.45) is 0 Å². The van der Waals surface area contributed by atoms with Gasteiger partial charge < -0.3 is 30.8 Å².